The number of carboxylic acid groups (broad SMARTS) is 1. The second-order valence-corrected chi connectivity index (χ2v) is 6.40. The third-order valence-electron chi connectivity index (χ3n) is 2.65. The number of aromatic nitrogens is 3. The minimum atomic E-state index is -0.919. The Morgan fingerprint density at radius 1 is 1.38 bits per heavy atom. The topological polar surface area (TPSA) is 68.0 Å². The number of carboxylic acids is 1. The average Bonchev–Trinajstić information content (AvgIpc) is 2.83. The first-order valence-corrected chi connectivity index (χ1v) is 7.89. The quantitative estimate of drug-likeness (QED) is 0.833. The lowest BCUT2D eigenvalue weighted by Crippen LogP contribution is -2.06. The molecule has 0 atom stereocenters. The predicted molar refractivity (Wildman–Crippen MR) is 83.8 cm³/mol. The Morgan fingerprint density at radius 2 is 2.10 bits per heavy atom. The van der Waals surface area contributed by atoms with Crippen LogP contribution in [-0.4, -0.2) is 31.6 Å². The minimum absolute atomic E-state index is 0.103. The average molecular weight is 346 g/mol. The van der Waals surface area contributed by atoms with E-state index in [4.69, 9.17) is 28.3 Å². The Kier molecular flexibility index (Phi) is 5.13. The molecule has 1 aromatic heterocycles. The number of benzene rings is 1. The van der Waals surface area contributed by atoms with Crippen LogP contribution in [0.3, 0.4) is 0 Å². The summed E-state index contributed by atoms with van der Waals surface area (Å²) < 4.78 is 1.76. The van der Waals surface area contributed by atoms with Gasteiger partial charge in [-0.05, 0) is 18.2 Å². The van der Waals surface area contributed by atoms with Crippen LogP contribution < -0.4 is 0 Å². The van der Waals surface area contributed by atoms with Gasteiger partial charge in [-0.3, -0.25) is 9.36 Å². The van der Waals surface area contributed by atoms with Crippen LogP contribution in [0.4, 0.5) is 0 Å². The van der Waals surface area contributed by atoms with Crippen LogP contribution in [0.1, 0.15) is 25.6 Å². The summed E-state index contributed by atoms with van der Waals surface area (Å²) >= 11 is 13.4. The van der Waals surface area contributed by atoms with E-state index >= 15 is 0 Å². The molecule has 0 aliphatic carbocycles. The van der Waals surface area contributed by atoms with Gasteiger partial charge in [0.25, 0.3) is 0 Å². The smallest absolute Gasteiger partial charge is 0.313 e. The number of hydrogen-bond acceptors (Lipinski definition) is 4. The number of hydrogen-bond donors (Lipinski definition) is 1. The SMILES string of the molecule is CC(C)c1nnc(SCC(=O)O)n1-c1cc(Cl)ccc1Cl. The highest BCUT2D eigenvalue weighted by Gasteiger charge is 2.19. The molecule has 0 saturated carbocycles. The minimum Gasteiger partial charge on any atom is -0.481 e. The summed E-state index contributed by atoms with van der Waals surface area (Å²) in [5.74, 6) is -0.217. The maximum atomic E-state index is 10.8. The van der Waals surface area contributed by atoms with E-state index < -0.39 is 5.97 Å². The monoisotopic (exact) mass is 345 g/mol. The van der Waals surface area contributed by atoms with Crippen molar-refractivity contribution in [3.05, 3.63) is 34.1 Å². The van der Waals surface area contributed by atoms with Crippen molar-refractivity contribution in [1.29, 1.82) is 0 Å². The molecule has 0 spiro atoms. The van der Waals surface area contributed by atoms with E-state index in [1.165, 1.54) is 0 Å². The maximum absolute atomic E-state index is 10.8. The Morgan fingerprint density at radius 3 is 2.71 bits per heavy atom. The van der Waals surface area contributed by atoms with E-state index in [0.717, 1.165) is 11.8 Å². The van der Waals surface area contributed by atoms with Gasteiger partial charge < -0.3 is 5.11 Å². The molecular formula is C13H13Cl2N3O2S. The summed E-state index contributed by atoms with van der Waals surface area (Å²) in [6.45, 7) is 3.95. The lowest BCUT2D eigenvalue weighted by molar-refractivity contribution is -0.133. The molecule has 0 radical (unpaired) electrons. The number of aliphatic carboxylic acids is 1. The molecule has 5 nitrogen and oxygen atoms in total. The summed E-state index contributed by atoms with van der Waals surface area (Å²) in [4.78, 5) is 10.8. The normalized spacial score (nSPS) is 11.1. The molecule has 0 unspecified atom stereocenters. The van der Waals surface area contributed by atoms with Gasteiger partial charge in [-0.25, -0.2) is 0 Å². The second-order valence-electron chi connectivity index (χ2n) is 4.61. The second kappa shape index (κ2) is 6.68. The highest BCUT2D eigenvalue weighted by molar-refractivity contribution is 7.99. The summed E-state index contributed by atoms with van der Waals surface area (Å²) in [6, 6.07) is 5.09. The van der Waals surface area contributed by atoms with Crippen LogP contribution >= 0.6 is 35.0 Å². The lowest BCUT2D eigenvalue weighted by Gasteiger charge is -2.13. The number of rotatable bonds is 5. The van der Waals surface area contributed by atoms with Crippen LogP contribution in [0.15, 0.2) is 23.4 Å². The molecule has 1 aromatic carbocycles. The Hall–Kier alpha value is -1.24. The number of thioether (sulfide) groups is 1. The van der Waals surface area contributed by atoms with Gasteiger partial charge in [-0.1, -0.05) is 48.8 Å². The number of halogens is 2. The molecule has 1 heterocycles. The zero-order chi connectivity index (χ0) is 15.6. The van der Waals surface area contributed by atoms with E-state index in [1.54, 1.807) is 22.8 Å². The van der Waals surface area contributed by atoms with E-state index in [0.29, 0.717) is 26.7 Å². The van der Waals surface area contributed by atoms with Crippen molar-refractivity contribution >= 4 is 40.9 Å². The molecule has 2 aromatic rings. The van der Waals surface area contributed by atoms with Gasteiger partial charge in [0, 0.05) is 10.9 Å². The molecule has 2 rings (SSSR count). The van der Waals surface area contributed by atoms with Crippen LogP contribution in [0.2, 0.25) is 10.0 Å². The number of carbonyl (C=O) groups is 1. The van der Waals surface area contributed by atoms with Crippen LogP contribution in [0.25, 0.3) is 5.69 Å². The zero-order valence-corrected chi connectivity index (χ0v) is 13.7. The molecule has 21 heavy (non-hydrogen) atoms. The van der Waals surface area contributed by atoms with Crippen molar-refractivity contribution in [3.63, 3.8) is 0 Å². The van der Waals surface area contributed by atoms with E-state index in [2.05, 4.69) is 10.2 Å². The fourth-order valence-corrected chi connectivity index (χ4v) is 2.80. The Balaban J connectivity index is 2.55. The molecule has 0 saturated heterocycles. The van der Waals surface area contributed by atoms with Crippen LogP contribution in [0.5, 0.6) is 0 Å². The molecule has 112 valence electrons. The van der Waals surface area contributed by atoms with Crippen molar-refractivity contribution in [2.24, 2.45) is 0 Å². The van der Waals surface area contributed by atoms with Gasteiger partial charge in [0.05, 0.1) is 16.5 Å². The zero-order valence-electron chi connectivity index (χ0n) is 11.4. The fourth-order valence-electron chi connectivity index (χ4n) is 1.76. The largest absolute Gasteiger partial charge is 0.481 e. The molecule has 8 heteroatoms. The number of nitrogens with zero attached hydrogens (tertiary/aromatic N) is 3. The summed E-state index contributed by atoms with van der Waals surface area (Å²) in [6.07, 6.45) is 0. The lowest BCUT2D eigenvalue weighted by atomic mass is 10.2. The fraction of sp³-hybridized carbons (Fsp3) is 0.308. The summed E-state index contributed by atoms with van der Waals surface area (Å²) in [5.41, 5.74) is 0.644. The summed E-state index contributed by atoms with van der Waals surface area (Å²) in [5, 5.41) is 18.5. The van der Waals surface area contributed by atoms with E-state index in [-0.39, 0.29) is 11.7 Å². The Bertz CT molecular complexity index is 673. The van der Waals surface area contributed by atoms with Gasteiger partial charge in [0.2, 0.25) is 0 Å². The van der Waals surface area contributed by atoms with Crippen molar-refractivity contribution in [2.75, 3.05) is 5.75 Å². The highest BCUT2D eigenvalue weighted by atomic mass is 35.5. The molecule has 0 amide bonds. The van der Waals surface area contributed by atoms with Crippen molar-refractivity contribution in [1.82, 2.24) is 14.8 Å². The van der Waals surface area contributed by atoms with Crippen molar-refractivity contribution in [3.8, 4) is 5.69 Å². The van der Waals surface area contributed by atoms with Gasteiger partial charge in [0.15, 0.2) is 5.16 Å². The van der Waals surface area contributed by atoms with Gasteiger partial charge in [0.1, 0.15) is 5.82 Å². The van der Waals surface area contributed by atoms with Gasteiger partial charge >= 0.3 is 5.97 Å². The van der Waals surface area contributed by atoms with Crippen LogP contribution in [0, 0.1) is 0 Å². The molecule has 0 aliphatic rings. The maximum Gasteiger partial charge on any atom is 0.313 e. The van der Waals surface area contributed by atoms with Gasteiger partial charge in [-0.15, -0.1) is 10.2 Å². The van der Waals surface area contributed by atoms with E-state index in [9.17, 15) is 4.79 Å². The third-order valence-corrected chi connectivity index (χ3v) is 4.12. The summed E-state index contributed by atoms with van der Waals surface area (Å²) in [7, 11) is 0. The third kappa shape index (κ3) is 3.70. The first-order chi connectivity index (χ1) is 9.90. The van der Waals surface area contributed by atoms with Gasteiger partial charge in [-0.2, -0.15) is 0 Å². The van der Waals surface area contributed by atoms with Crippen molar-refractivity contribution < 1.29 is 9.90 Å². The molecule has 0 aliphatic heterocycles. The standard InChI is InChI=1S/C13H13Cl2N3O2S/c1-7(2)12-16-17-13(21-6-11(19)20)18(12)10-5-8(14)3-4-9(10)15/h3-5,7H,6H2,1-2H3,(H,19,20). The Labute approximate surface area is 136 Å². The molecule has 1 N–H and O–H groups in total. The predicted octanol–water partition coefficient (Wildman–Crippen LogP) is 3.87. The molecular weight excluding hydrogens is 333 g/mol. The van der Waals surface area contributed by atoms with E-state index in [1.807, 2.05) is 13.8 Å². The molecule has 0 fully saturated rings. The highest BCUT2D eigenvalue weighted by Crippen LogP contribution is 2.31. The first-order valence-electron chi connectivity index (χ1n) is 6.15. The molecule has 0 bridgehead atoms. The van der Waals surface area contributed by atoms with Crippen LogP contribution in [-0.2, 0) is 4.79 Å². The first kappa shape index (κ1) is 16.1. The van der Waals surface area contributed by atoms with Crippen molar-refractivity contribution in [2.45, 2.75) is 24.9 Å².